The summed E-state index contributed by atoms with van der Waals surface area (Å²) in [6, 6.07) is 0. The number of aliphatic hydroxyl groups is 1. The standard InChI is InChI=1S/C12H26O/c1-5-7-8-10-12(4,13)11(3)9-6-2/h11,13H,5-10H2,1-4H3. The molecule has 0 aromatic heterocycles. The Balaban J connectivity index is 3.76. The average Bonchev–Trinajstić information content (AvgIpc) is 2.05. The van der Waals surface area contributed by atoms with Crippen molar-refractivity contribution in [1.82, 2.24) is 0 Å². The van der Waals surface area contributed by atoms with E-state index in [1.165, 1.54) is 19.3 Å². The maximum Gasteiger partial charge on any atom is 0.0645 e. The van der Waals surface area contributed by atoms with E-state index >= 15 is 0 Å². The predicted octanol–water partition coefficient (Wildman–Crippen LogP) is 3.75. The van der Waals surface area contributed by atoms with E-state index in [4.69, 9.17) is 0 Å². The van der Waals surface area contributed by atoms with E-state index in [2.05, 4.69) is 20.8 Å². The highest BCUT2D eigenvalue weighted by Gasteiger charge is 2.26. The highest BCUT2D eigenvalue weighted by Crippen LogP contribution is 2.26. The van der Waals surface area contributed by atoms with Gasteiger partial charge in [0.15, 0.2) is 0 Å². The van der Waals surface area contributed by atoms with Crippen molar-refractivity contribution < 1.29 is 5.11 Å². The molecule has 0 radical (unpaired) electrons. The average molecular weight is 186 g/mol. The molecule has 0 aliphatic carbocycles. The number of unbranched alkanes of at least 4 members (excludes halogenated alkanes) is 2. The molecule has 0 bridgehead atoms. The lowest BCUT2D eigenvalue weighted by Crippen LogP contribution is -2.32. The third-order valence-corrected chi connectivity index (χ3v) is 3.07. The molecule has 0 saturated carbocycles. The summed E-state index contributed by atoms with van der Waals surface area (Å²) >= 11 is 0. The van der Waals surface area contributed by atoms with E-state index in [0.29, 0.717) is 5.92 Å². The van der Waals surface area contributed by atoms with Gasteiger partial charge in [0.25, 0.3) is 0 Å². The smallest absolute Gasteiger partial charge is 0.0645 e. The summed E-state index contributed by atoms with van der Waals surface area (Å²) in [4.78, 5) is 0. The second kappa shape index (κ2) is 6.42. The fourth-order valence-corrected chi connectivity index (χ4v) is 1.72. The molecule has 80 valence electrons. The molecule has 0 fully saturated rings. The molecule has 0 heterocycles. The fourth-order valence-electron chi connectivity index (χ4n) is 1.72. The zero-order chi connectivity index (χ0) is 10.3. The Morgan fingerprint density at radius 3 is 2.23 bits per heavy atom. The van der Waals surface area contributed by atoms with Crippen molar-refractivity contribution in [2.24, 2.45) is 5.92 Å². The van der Waals surface area contributed by atoms with E-state index in [9.17, 15) is 5.11 Å². The number of hydrogen-bond acceptors (Lipinski definition) is 1. The Morgan fingerprint density at radius 1 is 1.15 bits per heavy atom. The van der Waals surface area contributed by atoms with Gasteiger partial charge < -0.3 is 5.11 Å². The Labute approximate surface area is 83.5 Å². The first kappa shape index (κ1) is 13.0. The minimum atomic E-state index is -0.439. The van der Waals surface area contributed by atoms with Crippen LogP contribution in [0.15, 0.2) is 0 Å². The summed E-state index contributed by atoms with van der Waals surface area (Å²) in [5.41, 5.74) is -0.439. The quantitative estimate of drug-likeness (QED) is 0.600. The van der Waals surface area contributed by atoms with Crippen molar-refractivity contribution in [2.45, 2.75) is 71.8 Å². The Morgan fingerprint density at radius 2 is 1.77 bits per heavy atom. The lowest BCUT2D eigenvalue weighted by molar-refractivity contribution is -0.00729. The first-order chi connectivity index (χ1) is 6.04. The van der Waals surface area contributed by atoms with Gasteiger partial charge in [-0.25, -0.2) is 0 Å². The fraction of sp³-hybridized carbons (Fsp3) is 1.00. The Hall–Kier alpha value is -0.0400. The van der Waals surface area contributed by atoms with Crippen molar-refractivity contribution in [3.63, 3.8) is 0 Å². The van der Waals surface area contributed by atoms with Gasteiger partial charge in [-0.15, -0.1) is 0 Å². The molecule has 0 aliphatic heterocycles. The van der Waals surface area contributed by atoms with E-state index in [1.807, 2.05) is 6.92 Å². The van der Waals surface area contributed by atoms with Crippen molar-refractivity contribution >= 4 is 0 Å². The lowest BCUT2D eigenvalue weighted by Gasteiger charge is -2.30. The van der Waals surface area contributed by atoms with E-state index in [0.717, 1.165) is 19.3 Å². The van der Waals surface area contributed by atoms with Crippen LogP contribution in [0.3, 0.4) is 0 Å². The molecule has 0 saturated heterocycles. The second-order valence-electron chi connectivity index (χ2n) is 4.50. The molecule has 1 nitrogen and oxygen atoms in total. The summed E-state index contributed by atoms with van der Waals surface area (Å²) in [5, 5.41) is 10.1. The SMILES string of the molecule is CCCCCC(C)(O)C(C)CCC. The summed E-state index contributed by atoms with van der Waals surface area (Å²) in [6.07, 6.45) is 6.91. The molecule has 2 unspecified atom stereocenters. The summed E-state index contributed by atoms with van der Waals surface area (Å²) in [6.45, 7) is 8.53. The first-order valence-electron chi connectivity index (χ1n) is 5.77. The molecule has 0 rings (SSSR count). The van der Waals surface area contributed by atoms with Crippen LogP contribution in [-0.4, -0.2) is 10.7 Å². The van der Waals surface area contributed by atoms with Crippen LogP contribution in [0.25, 0.3) is 0 Å². The zero-order valence-electron chi connectivity index (χ0n) is 9.77. The van der Waals surface area contributed by atoms with E-state index < -0.39 is 5.60 Å². The normalized spacial score (nSPS) is 18.2. The summed E-state index contributed by atoms with van der Waals surface area (Å²) in [5.74, 6) is 0.439. The van der Waals surface area contributed by atoms with Crippen LogP contribution < -0.4 is 0 Å². The number of hydrogen-bond donors (Lipinski definition) is 1. The van der Waals surface area contributed by atoms with Crippen molar-refractivity contribution in [3.8, 4) is 0 Å². The zero-order valence-corrected chi connectivity index (χ0v) is 9.77. The molecule has 0 spiro atoms. The van der Waals surface area contributed by atoms with Gasteiger partial charge in [0.2, 0.25) is 0 Å². The highest BCUT2D eigenvalue weighted by molar-refractivity contribution is 4.78. The topological polar surface area (TPSA) is 20.2 Å². The molecule has 1 N–H and O–H groups in total. The van der Waals surface area contributed by atoms with Crippen LogP contribution in [0, 0.1) is 5.92 Å². The van der Waals surface area contributed by atoms with Crippen molar-refractivity contribution in [3.05, 3.63) is 0 Å². The number of rotatable bonds is 7. The Bertz CT molecular complexity index is 118. The van der Waals surface area contributed by atoms with E-state index in [-0.39, 0.29) is 0 Å². The molecule has 0 amide bonds. The molecule has 0 aliphatic rings. The largest absolute Gasteiger partial charge is 0.390 e. The van der Waals surface area contributed by atoms with Crippen LogP contribution in [0.4, 0.5) is 0 Å². The van der Waals surface area contributed by atoms with Crippen molar-refractivity contribution in [1.29, 1.82) is 0 Å². The van der Waals surface area contributed by atoms with Gasteiger partial charge in [0, 0.05) is 0 Å². The van der Waals surface area contributed by atoms with Gasteiger partial charge >= 0.3 is 0 Å². The minimum Gasteiger partial charge on any atom is -0.390 e. The molecular weight excluding hydrogens is 160 g/mol. The third-order valence-electron chi connectivity index (χ3n) is 3.07. The maximum atomic E-state index is 10.1. The van der Waals surface area contributed by atoms with Crippen LogP contribution in [0.1, 0.15) is 66.2 Å². The minimum absolute atomic E-state index is 0.439. The molecule has 1 heteroatoms. The molecule has 0 aromatic rings. The van der Waals surface area contributed by atoms with Crippen LogP contribution in [-0.2, 0) is 0 Å². The van der Waals surface area contributed by atoms with Gasteiger partial charge in [-0.05, 0) is 25.7 Å². The van der Waals surface area contributed by atoms with Gasteiger partial charge in [-0.2, -0.15) is 0 Å². The van der Waals surface area contributed by atoms with Gasteiger partial charge in [0.05, 0.1) is 5.60 Å². The molecular formula is C12H26O. The van der Waals surface area contributed by atoms with Gasteiger partial charge in [-0.1, -0.05) is 46.5 Å². The van der Waals surface area contributed by atoms with Crippen LogP contribution in [0.5, 0.6) is 0 Å². The van der Waals surface area contributed by atoms with Crippen LogP contribution >= 0.6 is 0 Å². The summed E-state index contributed by atoms with van der Waals surface area (Å²) < 4.78 is 0. The molecule has 0 aromatic carbocycles. The first-order valence-corrected chi connectivity index (χ1v) is 5.77. The third kappa shape index (κ3) is 5.30. The summed E-state index contributed by atoms with van der Waals surface area (Å²) in [7, 11) is 0. The van der Waals surface area contributed by atoms with E-state index in [1.54, 1.807) is 0 Å². The monoisotopic (exact) mass is 186 g/mol. The maximum absolute atomic E-state index is 10.1. The molecule has 13 heavy (non-hydrogen) atoms. The van der Waals surface area contributed by atoms with Gasteiger partial charge in [-0.3, -0.25) is 0 Å². The highest BCUT2D eigenvalue weighted by atomic mass is 16.3. The predicted molar refractivity (Wildman–Crippen MR) is 58.8 cm³/mol. The van der Waals surface area contributed by atoms with Crippen molar-refractivity contribution in [2.75, 3.05) is 0 Å². The lowest BCUT2D eigenvalue weighted by atomic mass is 9.83. The van der Waals surface area contributed by atoms with Gasteiger partial charge in [0.1, 0.15) is 0 Å². The second-order valence-corrected chi connectivity index (χ2v) is 4.50. The van der Waals surface area contributed by atoms with Crippen LogP contribution in [0.2, 0.25) is 0 Å². The molecule has 2 atom stereocenters. The Kier molecular flexibility index (Phi) is 6.40.